The van der Waals surface area contributed by atoms with Gasteiger partial charge in [-0.3, -0.25) is 34.4 Å². The Labute approximate surface area is 149 Å². The lowest BCUT2D eigenvalue weighted by Crippen LogP contribution is -2.29. The number of pyridine rings is 1. The average molecular weight is 378 g/mol. The molecular formula is C14H8ClN5O6. The number of non-ortho nitro benzene ring substituents is 1. The van der Waals surface area contributed by atoms with Crippen LogP contribution >= 0.6 is 11.6 Å². The number of nitrogens with one attached hydrogen (secondary N) is 1. The third-order valence-electron chi connectivity index (χ3n) is 3.15. The van der Waals surface area contributed by atoms with Crippen LogP contribution in [-0.2, 0) is 11.3 Å². The molecule has 2 aromatic rings. The Hall–Kier alpha value is -3.78. The molecule has 2 rings (SSSR count). The number of amides is 1. The van der Waals surface area contributed by atoms with Gasteiger partial charge in [0.1, 0.15) is 18.2 Å². The van der Waals surface area contributed by atoms with Gasteiger partial charge in [0.25, 0.3) is 16.9 Å². The van der Waals surface area contributed by atoms with Gasteiger partial charge in [0.05, 0.1) is 26.8 Å². The van der Waals surface area contributed by atoms with E-state index in [-0.39, 0.29) is 16.4 Å². The fourth-order valence-corrected chi connectivity index (χ4v) is 2.15. The van der Waals surface area contributed by atoms with Crippen molar-refractivity contribution in [1.82, 2.24) is 4.57 Å². The zero-order valence-corrected chi connectivity index (χ0v) is 13.5. The number of benzene rings is 1. The number of halogens is 1. The molecule has 0 unspecified atom stereocenters. The van der Waals surface area contributed by atoms with E-state index >= 15 is 0 Å². The van der Waals surface area contributed by atoms with Gasteiger partial charge < -0.3 is 5.32 Å². The largest absolute Gasteiger partial charge is 0.323 e. The number of aromatic nitrogens is 1. The predicted octanol–water partition coefficient (Wildman–Crippen LogP) is 1.83. The van der Waals surface area contributed by atoms with E-state index < -0.39 is 39.1 Å². The Kier molecular flexibility index (Phi) is 5.29. The van der Waals surface area contributed by atoms with Crippen molar-refractivity contribution in [3.8, 4) is 6.07 Å². The molecule has 0 radical (unpaired) electrons. The van der Waals surface area contributed by atoms with E-state index in [1.807, 2.05) is 0 Å². The maximum atomic E-state index is 12.1. The molecule has 132 valence electrons. The maximum absolute atomic E-state index is 12.1. The molecular weight excluding hydrogens is 370 g/mol. The highest BCUT2D eigenvalue weighted by atomic mass is 35.5. The minimum absolute atomic E-state index is 0.0213. The van der Waals surface area contributed by atoms with Crippen LogP contribution in [0.2, 0.25) is 5.02 Å². The van der Waals surface area contributed by atoms with Crippen molar-refractivity contribution < 1.29 is 14.6 Å². The van der Waals surface area contributed by atoms with Crippen LogP contribution in [0.4, 0.5) is 17.1 Å². The second kappa shape index (κ2) is 7.41. The molecule has 1 heterocycles. The van der Waals surface area contributed by atoms with E-state index in [1.165, 1.54) is 12.1 Å². The number of carbonyl (C=O) groups is 1. The number of hydrogen-bond acceptors (Lipinski definition) is 7. The molecule has 1 amide bonds. The standard InChI is InChI=1S/C14H8ClN5O6/c15-11-2-1-9(19(23)24)4-12(11)17-13(21)7-18-6-10(20(25)26)3-8(5-16)14(18)22/h1-4,6H,7H2,(H,17,21). The van der Waals surface area contributed by atoms with Crippen molar-refractivity contribution in [2.45, 2.75) is 6.54 Å². The molecule has 0 aliphatic carbocycles. The van der Waals surface area contributed by atoms with Crippen LogP contribution in [-0.4, -0.2) is 20.3 Å². The number of carbonyl (C=O) groups excluding carboxylic acids is 1. The number of nitro groups is 2. The number of nitriles is 1. The highest BCUT2D eigenvalue weighted by Gasteiger charge is 2.17. The number of nitro benzene ring substituents is 1. The quantitative estimate of drug-likeness (QED) is 0.613. The topological polar surface area (TPSA) is 161 Å². The van der Waals surface area contributed by atoms with Crippen LogP contribution in [0, 0.1) is 31.6 Å². The van der Waals surface area contributed by atoms with Gasteiger partial charge >= 0.3 is 0 Å². The molecule has 1 aromatic heterocycles. The number of nitrogens with zero attached hydrogens (tertiary/aromatic N) is 4. The van der Waals surface area contributed by atoms with Crippen molar-refractivity contribution in [3.05, 3.63) is 71.6 Å². The summed E-state index contributed by atoms with van der Waals surface area (Å²) < 4.78 is 0.692. The molecule has 1 N–H and O–H groups in total. The molecule has 0 atom stereocenters. The first-order valence-electron chi connectivity index (χ1n) is 6.75. The molecule has 0 aliphatic heterocycles. The summed E-state index contributed by atoms with van der Waals surface area (Å²) in [6, 6.07) is 5.69. The first-order valence-corrected chi connectivity index (χ1v) is 7.13. The van der Waals surface area contributed by atoms with Gasteiger partial charge in [-0.15, -0.1) is 0 Å². The Bertz CT molecular complexity index is 1030. The summed E-state index contributed by atoms with van der Waals surface area (Å²) in [6.45, 7) is -0.659. The lowest BCUT2D eigenvalue weighted by molar-refractivity contribution is -0.385. The molecule has 12 heteroatoms. The van der Waals surface area contributed by atoms with Gasteiger partial charge in [-0.25, -0.2) is 0 Å². The number of hydrogen-bond donors (Lipinski definition) is 1. The molecule has 0 saturated carbocycles. The van der Waals surface area contributed by atoms with Gasteiger partial charge in [-0.1, -0.05) is 11.6 Å². The Balaban J connectivity index is 2.31. The SMILES string of the molecule is N#Cc1cc([N+](=O)[O-])cn(CC(=O)Nc2cc([N+](=O)[O-])ccc2Cl)c1=O. The second-order valence-electron chi connectivity index (χ2n) is 4.88. The van der Waals surface area contributed by atoms with E-state index in [0.29, 0.717) is 4.57 Å². The molecule has 0 spiro atoms. The Morgan fingerprint density at radius 3 is 2.46 bits per heavy atom. The lowest BCUT2D eigenvalue weighted by atomic mass is 10.2. The molecule has 26 heavy (non-hydrogen) atoms. The maximum Gasteiger partial charge on any atom is 0.287 e. The Morgan fingerprint density at radius 1 is 1.23 bits per heavy atom. The van der Waals surface area contributed by atoms with E-state index in [1.54, 1.807) is 0 Å². The summed E-state index contributed by atoms with van der Waals surface area (Å²) in [4.78, 5) is 44.2. The van der Waals surface area contributed by atoms with Crippen molar-refractivity contribution in [3.63, 3.8) is 0 Å². The zero-order valence-electron chi connectivity index (χ0n) is 12.7. The number of rotatable bonds is 5. The second-order valence-corrected chi connectivity index (χ2v) is 5.29. The fraction of sp³-hybridized carbons (Fsp3) is 0.0714. The summed E-state index contributed by atoms with van der Waals surface area (Å²) >= 11 is 5.86. The van der Waals surface area contributed by atoms with Crippen molar-refractivity contribution in [2.24, 2.45) is 0 Å². The summed E-state index contributed by atoms with van der Waals surface area (Å²) in [6.07, 6.45) is 0.817. The molecule has 0 fully saturated rings. The van der Waals surface area contributed by atoms with Gasteiger partial charge in [-0.2, -0.15) is 5.26 Å². The summed E-state index contributed by atoms with van der Waals surface area (Å²) in [5.74, 6) is -0.820. The van der Waals surface area contributed by atoms with E-state index in [2.05, 4.69) is 5.32 Å². The van der Waals surface area contributed by atoms with Crippen LogP contribution in [0.15, 0.2) is 35.3 Å². The minimum atomic E-state index is -0.890. The van der Waals surface area contributed by atoms with Gasteiger partial charge in [0.15, 0.2) is 0 Å². The van der Waals surface area contributed by atoms with Crippen LogP contribution in [0.1, 0.15) is 5.56 Å². The van der Waals surface area contributed by atoms with Crippen molar-refractivity contribution in [2.75, 3.05) is 5.32 Å². The molecule has 0 bridgehead atoms. The molecule has 0 aliphatic rings. The van der Waals surface area contributed by atoms with E-state index in [0.717, 1.165) is 24.4 Å². The van der Waals surface area contributed by atoms with Crippen molar-refractivity contribution >= 4 is 34.6 Å². The smallest absolute Gasteiger partial charge is 0.287 e. The lowest BCUT2D eigenvalue weighted by Gasteiger charge is -2.09. The zero-order chi connectivity index (χ0) is 19.4. The third kappa shape index (κ3) is 4.00. The molecule has 0 saturated heterocycles. The van der Waals surface area contributed by atoms with Crippen LogP contribution in [0.25, 0.3) is 0 Å². The van der Waals surface area contributed by atoms with E-state index in [9.17, 15) is 29.8 Å². The molecule has 11 nitrogen and oxygen atoms in total. The summed E-state index contributed by atoms with van der Waals surface area (Å²) in [7, 11) is 0. The van der Waals surface area contributed by atoms with Crippen LogP contribution in [0.3, 0.4) is 0 Å². The van der Waals surface area contributed by atoms with E-state index in [4.69, 9.17) is 16.9 Å². The summed E-state index contributed by atoms with van der Waals surface area (Å²) in [5, 5.41) is 32.8. The fourth-order valence-electron chi connectivity index (χ4n) is 1.98. The summed E-state index contributed by atoms with van der Waals surface area (Å²) in [5.41, 5.74) is -2.31. The Morgan fingerprint density at radius 2 is 1.88 bits per heavy atom. The third-order valence-corrected chi connectivity index (χ3v) is 3.48. The van der Waals surface area contributed by atoms with Gasteiger partial charge in [-0.05, 0) is 6.07 Å². The monoisotopic (exact) mass is 377 g/mol. The number of anilines is 1. The van der Waals surface area contributed by atoms with Crippen LogP contribution in [0.5, 0.6) is 0 Å². The van der Waals surface area contributed by atoms with Gasteiger partial charge in [0.2, 0.25) is 5.91 Å². The average Bonchev–Trinajstić information content (AvgIpc) is 2.58. The predicted molar refractivity (Wildman–Crippen MR) is 88.8 cm³/mol. The molecule has 1 aromatic carbocycles. The first kappa shape index (κ1) is 18.6. The van der Waals surface area contributed by atoms with Gasteiger partial charge in [0, 0.05) is 18.2 Å². The highest BCUT2D eigenvalue weighted by molar-refractivity contribution is 6.33. The normalized spacial score (nSPS) is 10.0. The van der Waals surface area contributed by atoms with Crippen LogP contribution < -0.4 is 10.9 Å². The minimum Gasteiger partial charge on any atom is -0.323 e. The van der Waals surface area contributed by atoms with Crippen molar-refractivity contribution in [1.29, 1.82) is 5.26 Å². The highest BCUT2D eigenvalue weighted by Crippen LogP contribution is 2.26. The first-order chi connectivity index (χ1) is 12.2.